The molecule has 0 radical (unpaired) electrons. The Kier molecular flexibility index (Phi) is 4.95. The average molecular weight is 356 g/mol. The van der Waals surface area contributed by atoms with E-state index < -0.39 is 11.5 Å². The number of para-hydroxylation sites is 2. The van der Waals surface area contributed by atoms with Crippen LogP contribution >= 0.6 is 0 Å². The number of carbonyl (C=O) groups excluding carboxylic acids is 1. The SMILES string of the molecule is CC(C)(O)CNC(=O)C1=CN(Cc2ccc(F)cc2)c2ccccc2O1. The summed E-state index contributed by atoms with van der Waals surface area (Å²) in [5.41, 5.74) is 0.697. The molecule has 1 amide bonds. The standard InChI is InChI=1S/C20H21FN2O3/c1-20(2,25)13-22-19(24)18-12-23(11-14-7-9-15(21)10-8-14)16-5-3-4-6-17(16)26-18/h3-10,12,25H,11,13H2,1-2H3,(H,22,24). The lowest BCUT2D eigenvalue weighted by Crippen LogP contribution is -2.40. The Morgan fingerprint density at radius 1 is 1.19 bits per heavy atom. The lowest BCUT2D eigenvalue weighted by molar-refractivity contribution is -0.120. The summed E-state index contributed by atoms with van der Waals surface area (Å²) in [6.07, 6.45) is 1.62. The van der Waals surface area contributed by atoms with Crippen LogP contribution in [-0.4, -0.2) is 23.2 Å². The molecule has 1 aliphatic rings. The molecule has 3 rings (SSSR count). The van der Waals surface area contributed by atoms with E-state index in [1.807, 2.05) is 23.1 Å². The van der Waals surface area contributed by atoms with Crippen LogP contribution in [0, 0.1) is 5.82 Å². The van der Waals surface area contributed by atoms with E-state index in [2.05, 4.69) is 5.32 Å². The predicted octanol–water partition coefficient (Wildman–Crippen LogP) is 2.95. The van der Waals surface area contributed by atoms with Gasteiger partial charge in [-0.1, -0.05) is 24.3 Å². The number of nitrogens with one attached hydrogen (secondary N) is 1. The van der Waals surface area contributed by atoms with Gasteiger partial charge in [0.2, 0.25) is 5.76 Å². The van der Waals surface area contributed by atoms with E-state index in [4.69, 9.17) is 4.74 Å². The van der Waals surface area contributed by atoms with Gasteiger partial charge in [0.15, 0.2) is 5.75 Å². The number of fused-ring (bicyclic) bond motifs is 1. The highest BCUT2D eigenvalue weighted by Crippen LogP contribution is 2.34. The van der Waals surface area contributed by atoms with Crippen molar-refractivity contribution in [2.24, 2.45) is 0 Å². The van der Waals surface area contributed by atoms with Gasteiger partial charge in [-0.25, -0.2) is 4.39 Å². The molecule has 0 atom stereocenters. The van der Waals surface area contributed by atoms with E-state index in [1.54, 1.807) is 38.2 Å². The van der Waals surface area contributed by atoms with Crippen LogP contribution in [0.4, 0.5) is 10.1 Å². The number of aliphatic hydroxyl groups is 1. The van der Waals surface area contributed by atoms with Crippen LogP contribution in [0.3, 0.4) is 0 Å². The lowest BCUT2D eigenvalue weighted by Gasteiger charge is -2.29. The Balaban J connectivity index is 1.84. The molecular formula is C20H21FN2O3. The van der Waals surface area contributed by atoms with Crippen molar-refractivity contribution < 1.29 is 19.0 Å². The maximum Gasteiger partial charge on any atom is 0.288 e. The van der Waals surface area contributed by atoms with Crippen molar-refractivity contribution in [2.75, 3.05) is 11.4 Å². The molecule has 5 nitrogen and oxygen atoms in total. The largest absolute Gasteiger partial charge is 0.448 e. The third kappa shape index (κ3) is 4.40. The zero-order valence-corrected chi connectivity index (χ0v) is 14.7. The molecule has 0 fully saturated rings. The molecular weight excluding hydrogens is 335 g/mol. The first kappa shape index (κ1) is 17.9. The molecule has 136 valence electrons. The molecule has 2 aromatic rings. The van der Waals surface area contributed by atoms with Crippen LogP contribution in [0.2, 0.25) is 0 Å². The van der Waals surface area contributed by atoms with Gasteiger partial charge in [0.25, 0.3) is 5.91 Å². The van der Waals surface area contributed by atoms with E-state index in [1.165, 1.54) is 12.1 Å². The Labute approximate surface area is 151 Å². The average Bonchev–Trinajstić information content (AvgIpc) is 2.61. The Morgan fingerprint density at radius 2 is 1.88 bits per heavy atom. The summed E-state index contributed by atoms with van der Waals surface area (Å²) in [6.45, 7) is 3.79. The number of halogens is 1. The van der Waals surface area contributed by atoms with Gasteiger partial charge in [0.1, 0.15) is 5.82 Å². The van der Waals surface area contributed by atoms with Crippen molar-refractivity contribution >= 4 is 11.6 Å². The topological polar surface area (TPSA) is 61.8 Å². The van der Waals surface area contributed by atoms with Crippen molar-refractivity contribution in [3.63, 3.8) is 0 Å². The van der Waals surface area contributed by atoms with Crippen LogP contribution in [0.5, 0.6) is 5.75 Å². The molecule has 2 aromatic carbocycles. The zero-order chi connectivity index (χ0) is 18.7. The molecule has 0 spiro atoms. The number of hydrogen-bond donors (Lipinski definition) is 2. The van der Waals surface area contributed by atoms with Crippen molar-refractivity contribution in [1.29, 1.82) is 0 Å². The summed E-state index contributed by atoms with van der Waals surface area (Å²) in [4.78, 5) is 14.3. The van der Waals surface area contributed by atoms with Gasteiger partial charge in [-0.15, -0.1) is 0 Å². The highest BCUT2D eigenvalue weighted by Gasteiger charge is 2.24. The second kappa shape index (κ2) is 7.17. The maximum atomic E-state index is 13.1. The third-order valence-corrected chi connectivity index (χ3v) is 3.84. The fraction of sp³-hybridized carbons (Fsp3) is 0.250. The molecule has 0 aliphatic carbocycles. The third-order valence-electron chi connectivity index (χ3n) is 3.84. The summed E-state index contributed by atoms with van der Waals surface area (Å²) in [5.74, 6) is -0.00956. The van der Waals surface area contributed by atoms with Gasteiger partial charge >= 0.3 is 0 Å². The molecule has 2 N–H and O–H groups in total. The Hall–Kier alpha value is -2.86. The van der Waals surface area contributed by atoms with Crippen LogP contribution in [-0.2, 0) is 11.3 Å². The van der Waals surface area contributed by atoms with Crippen LogP contribution in [0.25, 0.3) is 0 Å². The second-order valence-corrected chi connectivity index (χ2v) is 6.81. The first-order chi connectivity index (χ1) is 12.3. The number of anilines is 1. The number of ether oxygens (including phenoxy) is 1. The molecule has 0 saturated carbocycles. The highest BCUT2D eigenvalue weighted by molar-refractivity contribution is 5.93. The summed E-state index contributed by atoms with van der Waals surface area (Å²) in [5, 5.41) is 12.4. The number of amides is 1. The van der Waals surface area contributed by atoms with Crippen LogP contribution < -0.4 is 15.0 Å². The highest BCUT2D eigenvalue weighted by atomic mass is 19.1. The van der Waals surface area contributed by atoms with Crippen LogP contribution in [0.15, 0.2) is 60.5 Å². The first-order valence-electron chi connectivity index (χ1n) is 8.32. The van der Waals surface area contributed by atoms with E-state index in [0.717, 1.165) is 11.3 Å². The van der Waals surface area contributed by atoms with Gasteiger partial charge in [-0.3, -0.25) is 4.79 Å². The molecule has 0 unspecified atom stereocenters. The quantitative estimate of drug-likeness (QED) is 0.865. The molecule has 0 saturated heterocycles. The fourth-order valence-electron chi connectivity index (χ4n) is 2.54. The second-order valence-electron chi connectivity index (χ2n) is 6.81. The van der Waals surface area contributed by atoms with Gasteiger partial charge < -0.3 is 20.1 Å². The minimum absolute atomic E-state index is 0.103. The monoisotopic (exact) mass is 356 g/mol. The number of nitrogens with zero attached hydrogens (tertiary/aromatic N) is 1. The maximum absolute atomic E-state index is 13.1. The summed E-state index contributed by atoms with van der Waals surface area (Å²) >= 11 is 0. The van der Waals surface area contributed by atoms with Crippen molar-refractivity contribution in [3.8, 4) is 5.75 Å². The molecule has 6 heteroatoms. The predicted molar refractivity (Wildman–Crippen MR) is 97.0 cm³/mol. The number of carbonyl (C=O) groups is 1. The van der Waals surface area contributed by atoms with Crippen molar-refractivity contribution in [1.82, 2.24) is 5.32 Å². The van der Waals surface area contributed by atoms with Crippen molar-refractivity contribution in [2.45, 2.75) is 26.0 Å². The summed E-state index contributed by atoms with van der Waals surface area (Å²) < 4.78 is 18.8. The van der Waals surface area contributed by atoms with Gasteiger partial charge in [0, 0.05) is 13.1 Å². The molecule has 1 heterocycles. The van der Waals surface area contributed by atoms with E-state index in [0.29, 0.717) is 12.3 Å². The number of hydrogen-bond acceptors (Lipinski definition) is 4. The first-order valence-corrected chi connectivity index (χ1v) is 8.32. The normalized spacial score (nSPS) is 13.5. The number of rotatable bonds is 5. The minimum atomic E-state index is -1.02. The van der Waals surface area contributed by atoms with Crippen LogP contribution in [0.1, 0.15) is 19.4 Å². The fourth-order valence-corrected chi connectivity index (χ4v) is 2.54. The van der Waals surface area contributed by atoms with E-state index >= 15 is 0 Å². The Bertz CT molecular complexity index is 826. The van der Waals surface area contributed by atoms with Gasteiger partial charge in [0.05, 0.1) is 17.5 Å². The van der Waals surface area contributed by atoms with E-state index in [9.17, 15) is 14.3 Å². The smallest absolute Gasteiger partial charge is 0.288 e. The molecule has 0 aromatic heterocycles. The van der Waals surface area contributed by atoms with Gasteiger partial charge in [-0.05, 0) is 43.7 Å². The summed E-state index contributed by atoms with van der Waals surface area (Å²) in [6, 6.07) is 13.6. The Morgan fingerprint density at radius 3 is 2.58 bits per heavy atom. The number of benzene rings is 2. The zero-order valence-electron chi connectivity index (χ0n) is 14.7. The summed E-state index contributed by atoms with van der Waals surface area (Å²) in [7, 11) is 0. The molecule has 0 bridgehead atoms. The van der Waals surface area contributed by atoms with Crippen molar-refractivity contribution in [3.05, 3.63) is 71.9 Å². The minimum Gasteiger partial charge on any atom is -0.448 e. The van der Waals surface area contributed by atoms with Gasteiger partial charge in [-0.2, -0.15) is 0 Å². The van der Waals surface area contributed by atoms with E-state index in [-0.39, 0.29) is 18.1 Å². The molecule has 1 aliphatic heterocycles. The molecule has 26 heavy (non-hydrogen) atoms. The lowest BCUT2D eigenvalue weighted by atomic mass is 10.1.